The molecule has 1 aromatic carbocycles. The fraction of sp³-hybridized carbons (Fsp3) is 0.182. The van der Waals surface area contributed by atoms with Crippen molar-refractivity contribution in [3.8, 4) is 0 Å². The van der Waals surface area contributed by atoms with Gasteiger partial charge in [-0.1, -0.05) is 24.3 Å². The molecule has 0 aromatic heterocycles. The molecule has 0 fully saturated rings. The molecule has 0 radical (unpaired) electrons. The lowest BCUT2D eigenvalue weighted by Crippen LogP contribution is -1.94. The zero-order chi connectivity index (χ0) is 10.4. The molecule has 14 heavy (non-hydrogen) atoms. The van der Waals surface area contributed by atoms with E-state index in [0.717, 1.165) is 0 Å². The number of allylic oxidation sites excluding steroid dienone is 1. The van der Waals surface area contributed by atoms with Crippen molar-refractivity contribution in [2.75, 3.05) is 7.11 Å². The Kier molecular flexibility index (Phi) is 3.85. The van der Waals surface area contributed by atoms with E-state index in [2.05, 4.69) is 4.74 Å². The first kappa shape index (κ1) is 10.4. The van der Waals surface area contributed by atoms with Gasteiger partial charge in [-0.2, -0.15) is 0 Å². The Morgan fingerprint density at radius 2 is 2.21 bits per heavy atom. The van der Waals surface area contributed by atoms with Crippen molar-refractivity contribution in [2.24, 2.45) is 0 Å². The van der Waals surface area contributed by atoms with E-state index in [1.54, 1.807) is 24.3 Å². The summed E-state index contributed by atoms with van der Waals surface area (Å²) in [5.41, 5.74) is 0.563. The summed E-state index contributed by atoms with van der Waals surface area (Å²) in [6.45, 7) is 0. The van der Waals surface area contributed by atoms with Gasteiger partial charge in [-0.25, -0.2) is 9.18 Å². The summed E-state index contributed by atoms with van der Waals surface area (Å²) >= 11 is 0. The van der Waals surface area contributed by atoms with Crippen LogP contribution in [0.1, 0.15) is 5.56 Å². The number of halogens is 1. The zero-order valence-electron chi connectivity index (χ0n) is 7.87. The quantitative estimate of drug-likeness (QED) is 0.544. The molecule has 0 heterocycles. The van der Waals surface area contributed by atoms with Crippen LogP contribution in [0.2, 0.25) is 0 Å². The maximum Gasteiger partial charge on any atom is 0.330 e. The molecule has 0 unspecified atom stereocenters. The number of esters is 1. The normalized spacial score (nSPS) is 10.4. The van der Waals surface area contributed by atoms with Crippen molar-refractivity contribution in [3.05, 3.63) is 47.8 Å². The molecule has 0 N–H and O–H groups in total. The first-order valence-electron chi connectivity index (χ1n) is 4.22. The lowest BCUT2D eigenvalue weighted by atomic mass is 10.1. The molecule has 0 saturated heterocycles. The van der Waals surface area contributed by atoms with E-state index in [9.17, 15) is 9.18 Å². The van der Waals surface area contributed by atoms with Crippen molar-refractivity contribution in [1.82, 2.24) is 0 Å². The topological polar surface area (TPSA) is 26.3 Å². The molecule has 2 nitrogen and oxygen atoms in total. The van der Waals surface area contributed by atoms with Gasteiger partial charge in [0.2, 0.25) is 0 Å². The molecular formula is C11H11FO2. The van der Waals surface area contributed by atoms with Gasteiger partial charge in [0.05, 0.1) is 7.11 Å². The fourth-order valence-corrected chi connectivity index (χ4v) is 1.01. The molecule has 0 aliphatic heterocycles. The number of hydrogen-bond donors (Lipinski definition) is 0. The van der Waals surface area contributed by atoms with E-state index in [0.29, 0.717) is 12.0 Å². The highest BCUT2D eigenvalue weighted by molar-refractivity contribution is 5.81. The Morgan fingerprint density at radius 3 is 2.86 bits per heavy atom. The number of rotatable bonds is 3. The van der Waals surface area contributed by atoms with Gasteiger partial charge in [-0.3, -0.25) is 0 Å². The predicted molar refractivity (Wildman–Crippen MR) is 51.3 cm³/mol. The van der Waals surface area contributed by atoms with Gasteiger partial charge in [-0.05, 0) is 18.1 Å². The van der Waals surface area contributed by atoms with Crippen molar-refractivity contribution in [3.63, 3.8) is 0 Å². The molecule has 0 spiro atoms. The largest absolute Gasteiger partial charge is 0.466 e. The maximum atomic E-state index is 13.0. The highest BCUT2D eigenvalue weighted by Crippen LogP contribution is 2.07. The van der Waals surface area contributed by atoms with E-state index in [-0.39, 0.29) is 5.82 Å². The lowest BCUT2D eigenvalue weighted by Gasteiger charge is -1.97. The van der Waals surface area contributed by atoms with Gasteiger partial charge in [0.1, 0.15) is 5.82 Å². The van der Waals surface area contributed by atoms with Crippen LogP contribution in [-0.2, 0) is 16.0 Å². The third kappa shape index (κ3) is 3.01. The second-order valence-corrected chi connectivity index (χ2v) is 2.72. The first-order chi connectivity index (χ1) is 6.74. The third-order valence-corrected chi connectivity index (χ3v) is 1.75. The number of methoxy groups -OCH3 is 1. The van der Waals surface area contributed by atoms with Crippen LogP contribution < -0.4 is 0 Å². The van der Waals surface area contributed by atoms with Crippen LogP contribution in [-0.4, -0.2) is 13.1 Å². The average Bonchev–Trinajstić information content (AvgIpc) is 2.20. The molecule has 0 saturated carbocycles. The van der Waals surface area contributed by atoms with Crippen molar-refractivity contribution in [1.29, 1.82) is 0 Å². The third-order valence-electron chi connectivity index (χ3n) is 1.75. The minimum Gasteiger partial charge on any atom is -0.466 e. The Morgan fingerprint density at radius 1 is 1.50 bits per heavy atom. The van der Waals surface area contributed by atoms with Crippen LogP contribution in [0.15, 0.2) is 36.4 Å². The molecular weight excluding hydrogens is 183 g/mol. The molecule has 3 heteroatoms. The van der Waals surface area contributed by atoms with Gasteiger partial charge >= 0.3 is 5.97 Å². The summed E-state index contributed by atoms with van der Waals surface area (Å²) in [7, 11) is 1.30. The minimum atomic E-state index is -0.429. The van der Waals surface area contributed by atoms with Crippen LogP contribution in [0, 0.1) is 5.82 Å². The van der Waals surface area contributed by atoms with E-state index in [4.69, 9.17) is 0 Å². The van der Waals surface area contributed by atoms with E-state index in [1.807, 2.05) is 0 Å². The van der Waals surface area contributed by atoms with Gasteiger partial charge in [0.15, 0.2) is 0 Å². The van der Waals surface area contributed by atoms with Crippen molar-refractivity contribution in [2.45, 2.75) is 6.42 Å². The summed E-state index contributed by atoms with van der Waals surface area (Å²) in [5.74, 6) is -0.691. The summed E-state index contributed by atoms with van der Waals surface area (Å²) in [5, 5.41) is 0. The van der Waals surface area contributed by atoms with Crippen LogP contribution in [0.5, 0.6) is 0 Å². The maximum absolute atomic E-state index is 13.0. The van der Waals surface area contributed by atoms with E-state index in [1.165, 1.54) is 19.3 Å². The Balaban J connectivity index is 2.58. The van der Waals surface area contributed by atoms with Crippen LogP contribution in [0.4, 0.5) is 4.39 Å². The molecule has 1 aromatic rings. The lowest BCUT2D eigenvalue weighted by molar-refractivity contribution is -0.134. The molecule has 0 aliphatic rings. The summed E-state index contributed by atoms with van der Waals surface area (Å²) in [6, 6.07) is 6.45. The summed E-state index contributed by atoms with van der Waals surface area (Å²) in [4.78, 5) is 10.7. The van der Waals surface area contributed by atoms with Gasteiger partial charge in [0.25, 0.3) is 0 Å². The number of ether oxygens (including phenoxy) is 1. The Bertz CT molecular complexity index is 345. The monoisotopic (exact) mass is 194 g/mol. The first-order valence-corrected chi connectivity index (χ1v) is 4.22. The Labute approximate surface area is 82.0 Å². The highest BCUT2D eigenvalue weighted by atomic mass is 19.1. The van der Waals surface area contributed by atoms with Gasteiger partial charge in [-0.15, -0.1) is 0 Å². The molecule has 0 bridgehead atoms. The molecule has 1 rings (SSSR count). The number of carbonyl (C=O) groups is 1. The summed E-state index contributed by atoms with van der Waals surface area (Å²) < 4.78 is 17.4. The van der Waals surface area contributed by atoms with E-state index >= 15 is 0 Å². The molecule has 0 amide bonds. The second-order valence-electron chi connectivity index (χ2n) is 2.72. The number of benzene rings is 1. The predicted octanol–water partition coefficient (Wildman–Crippen LogP) is 2.10. The molecule has 0 aliphatic carbocycles. The van der Waals surface area contributed by atoms with Crippen LogP contribution in [0.25, 0.3) is 0 Å². The second kappa shape index (κ2) is 5.17. The number of hydrogen-bond acceptors (Lipinski definition) is 2. The van der Waals surface area contributed by atoms with Crippen molar-refractivity contribution >= 4 is 5.97 Å². The standard InChI is InChI=1S/C11H11FO2/c1-14-11(13)8-4-6-9-5-2-3-7-10(9)12/h2-5,7-8H,6H2,1H3/b8-4-. The zero-order valence-corrected chi connectivity index (χ0v) is 7.87. The smallest absolute Gasteiger partial charge is 0.330 e. The highest BCUT2D eigenvalue weighted by Gasteiger charge is 1.97. The van der Waals surface area contributed by atoms with Crippen LogP contribution in [0.3, 0.4) is 0 Å². The van der Waals surface area contributed by atoms with Crippen molar-refractivity contribution < 1.29 is 13.9 Å². The SMILES string of the molecule is COC(=O)/C=C\Cc1ccccc1F. The fourth-order valence-electron chi connectivity index (χ4n) is 1.01. The average molecular weight is 194 g/mol. The van der Waals surface area contributed by atoms with E-state index < -0.39 is 5.97 Å². The minimum absolute atomic E-state index is 0.262. The van der Waals surface area contributed by atoms with Gasteiger partial charge in [0, 0.05) is 6.08 Å². The molecule has 0 atom stereocenters. The molecule has 74 valence electrons. The van der Waals surface area contributed by atoms with Gasteiger partial charge < -0.3 is 4.74 Å². The summed E-state index contributed by atoms with van der Waals surface area (Å²) in [6.07, 6.45) is 3.25. The van der Waals surface area contributed by atoms with Crippen LogP contribution >= 0.6 is 0 Å². The number of carbonyl (C=O) groups excluding carboxylic acids is 1. The Hall–Kier alpha value is -1.64.